The Morgan fingerprint density at radius 1 is 1.00 bits per heavy atom. The molecule has 5 atom stereocenters. The van der Waals surface area contributed by atoms with Crippen LogP contribution in [-0.4, -0.2) is 31.2 Å². The number of ether oxygens (including phenoxy) is 1. The van der Waals surface area contributed by atoms with Crippen LogP contribution < -0.4 is 10.6 Å². The van der Waals surface area contributed by atoms with Crippen molar-refractivity contribution in [3.05, 3.63) is 34.9 Å². The van der Waals surface area contributed by atoms with Crippen LogP contribution in [0.2, 0.25) is 0 Å². The van der Waals surface area contributed by atoms with Crippen molar-refractivity contribution in [3.63, 3.8) is 0 Å². The zero-order valence-corrected chi connectivity index (χ0v) is 18.4. The van der Waals surface area contributed by atoms with Crippen LogP contribution in [0.25, 0.3) is 0 Å². The topological polar surface area (TPSA) is 50.4 Å². The maximum atomic E-state index is 13.1. The maximum Gasteiger partial charge on any atom is 0.416 e. The molecule has 1 aliphatic heterocycles. The average molecular weight is 478 g/mol. The van der Waals surface area contributed by atoms with Crippen molar-refractivity contribution in [1.29, 1.82) is 0 Å². The number of benzene rings is 1. The van der Waals surface area contributed by atoms with Crippen molar-refractivity contribution >= 4 is 5.91 Å². The van der Waals surface area contributed by atoms with E-state index in [2.05, 4.69) is 10.6 Å². The molecule has 4 nitrogen and oxygen atoms in total. The number of amides is 1. The highest BCUT2D eigenvalue weighted by Crippen LogP contribution is 2.46. The summed E-state index contributed by atoms with van der Waals surface area (Å²) in [5.74, 6) is 0.691. The van der Waals surface area contributed by atoms with Crippen molar-refractivity contribution in [2.75, 3.05) is 13.2 Å². The molecular weight excluding hydrogens is 450 g/mol. The van der Waals surface area contributed by atoms with Gasteiger partial charge in [0.1, 0.15) is 0 Å². The standard InChI is InChI=1S/C23H28F6N2O2/c1-11(2)16-6-15(31-20-18-9-33-10-19(18)20)7-17(16)21(32)30-8-12-3-13(22(24,25)26)5-14(4-12)23(27,28)29/h3-5,11,15-20,31H,6-10H2,1-2H3,(H,30,32)/t15-,16?,17-,18?,19?,20?/m1/s1. The average Bonchev–Trinajstić information content (AvgIpc) is 3.09. The van der Waals surface area contributed by atoms with Crippen LogP contribution in [-0.2, 0) is 28.4 Å². The fourth-order valence-corrected chi connectivity index (χ4v) is 5.45. The third-order valence-electron chi connectivity index (χ3n) is 7.30. The van der Waals surface area contributed by atoms with Crippen molar-refractivity contribution < 1.29 is 35.9 Å². The molecule has 1 amide bonds. The van der Waals surface area contributed by atoms with E-state index in [1.807, 2.05) is 13.8 Å². The lowest BCUT2D eigenvalue weighted by molar-refractivity contribution is -0.143. The first-order valence-corrected chi connectivity index (χ1v) is 11.2. The molecule has 0 bridgehead atoms. The minimum atomic E-state index is -4.92. The summed E-state index contributed by atoms with van der Waals surface area (Å²) < 4.78 is 83.9. The molecule has 3 aliphatic rings. The lowest BCUT2D eigenvalue weighted by Gasteiger charge is -2.22. The van der Waals surface area contributed by atoms with E-state index in [0.29, 0.717) is 36.4 Å². The first-order chi connectivity index (χ1) is 15.3. The van der Waals surface area contributed by atoms with Gasteiger partial charge < -0.3 is 15.4 Å². The second-order valence-electron chi connectivity index (χ2n) is 9.87. The highest BCUT2D eigenvalue weighted by molar-refractivity contribution is 5.79. The van der Waals surface area contributed by atoms with Gasteiger partial charge in [-0.1, -0.05) is 13.8 Å². The second kappa shape index (κ2) is 8.76. The van der Waals surface area contributed by atoms with E-state index in [-0.39, 0.29) is 41.3 Å². The molecular formula is C23H28F6N2O2. The van der Waals surface area contributed by atoms with Gasteiger partial charge in [0.25, 0.3) is 0 Å². The Hall–Kier alpha value is -1.81. The lowest BCUT2D eigenvalue weighted by atomic mass is 9.85. The van der Waals surface area contributed by atoms with E-state index in [1.165, 1.54) is 0 Å². The Bertz CT molecular complexity index is 842. The summed E-state index contributed by atoms with van der Waals surface area (Å²) >= 11 is 0. The Labute approximate surface area is 188 Å². The Morgan fingerprint density at radius 3 is 2.09 bits per heavy atom. The Balaban J connectivity index is 1.41. The summed E-state index contributed by atoms with van der Waals surface area (Å²) in [4.78, 5) is 12.9. The largest absolute Gasteiger partial charge is 0.416 e. The molecule has 2 aliphatic carbocycles. The quantitative estimate of drug-likeness (QED) is 0.587. The summed E-state index contributed by atoms with van der Waals surface area (Å²) in [6.45, 7) is 5.16. The summed E-state index contributed by atoms with van der Waals surface area (Å²) in [6, 6.07) is 1.97. The minimum absolute atomic E-state index is 0.0876. The molecule has 2 saturated carbocycles. The van der Waals surface area contributed by atoms with Gasteiger partial charge in [0.15, 0.2) is 0 Å². The molecule has 3 fully saturated rings. The summed E-state index contributed by atoms with van der Waals surface area (Å²) in [5, 5.41) is 6.23. The molecule has 3 unspecified atom stereocenters. The van der Waals surface area contributed by atoms with Crippen LogP contribution in [0.4, 0.5) is 26.3 Å². The van der Waals surface area contributed by atoms with E-state index in [1.54, 1.807) is 0 Å². The zero-order valence-electron chi connectivity index (χ0n) is 18.4. The second-order valence-corrected chi connectivity index (χ2v) is 9.87. The van der Waals surface area contributed by atoms with Crippen LogP contribution >= 0.6 is 0 Å². The smallest absolute Gasteiger partial charge is 0.381 e. The van der Waals surface area contributed by atoms with Crippen molar-refractivity contribution in [2.45, 2.75) is 57.7 Å². The number of halogens is 6. The van der Waals surface area contributed by atoms with Crippen LogP contribution in [0.3, 0.4) is 0 Å². The fourth-order valence-electron chi connectivity index (χ4n) is 5.45. The Morgan fingerprint density at radius 2 is 1.58 bits per heavy atom. The highest BCUT2D eigenvalue weighted by atomic mass is 19.4. The third kappa shape index (κ3) is 5.31. The van der Waals surface area contributed by atoms with Gasteiger partial charge in [0.05, 0.1) is 24.3 Å². The zero-order chi connectivity index (χ0) is 24.1. The predicted molar refractivity (Wildman–Crippen MR) is 108 cm³/mol. The van der Waals surface area contributed by atoms with E-state index in [9.17, 15) is 31.1 Å². The van der Waals surface area contributed by atoms with Gasteiger partial charge in [-0.05, 0) is 48.4 Å². The van der Waals surface area contributed by atoms with Crippen LogP contribution in [0.1, 0.15) is 43.4 Å². The Kier molecular flexibility index (Phi) is 6.46. The van der Waals surface area contributed by atoms with E-state index in [4.69, 9.17) is 4.74 Å². The SMILES string of the molecule is CC(C)C1C[C@@H](NC2C3COCC32)C[C@H]1C(=O)NCc1cc(C(F)(F)F)cc(C(F)(F)F)c1. The van der Waals surface area contributed by atoms with Crippen LogP contribution in [0.15, 0.2) is 18.2 Å². The number of carbonyl (C=O) groups is 1. The van der Waals surface area contributed by atoms with Gasteiger partial charge in [-0.2, -0.15) is 26.3 Å². The normalized spacial score (nSPS) is 31.7. The first-order valence-electron chi connectivity index (χ1n) is 11.2. The molecule has 0 spiro atoms. The minimum Gasteiger partial charge on any atom is -0.381 e. The molecule has 1 saturated heterocycles. The number of carbonyl (C=O) groups excluding carboxylic acids is 1. The van der Waals surface area contributed by atoms with Crippen LogP contribution in [0, 0.1) is 29.6 Å². The van der Waals surface area contributed by atoms with Crippen molar-refractivity contribution in [1.82, 2.24) is 10.6 Å². The summed E-state index contributed by atoms with van der Waals surface area (Å²) in [7, 11) is 0. The molecule has 1 aromatic rings. The number of hydrogen-bond donors (Lipinski definition) is 2. The number of fused-ring (bicyclic) bond motifs is 1. The van der Waals surface area contributed by atoms with Crippen molar-refractivity contribution in [2.24, 2.45) is 29.6 Å². The van der Waals surface area contributed by atoms with Gasteiger partial charge in [0, 0.05) is 36.4 Å². The number of rotatable bonds is 6. The first kappa shape index (κ1) is 24.3. The molecule has 4 rings (SSSR count). The van der Waals surface area contributed by atoms with E-state index >= 15 is 0 Å². The summed E-state index contributed by atoms with van der Waals surface area (Å²) in [5.41, 5.74) is -3.00. The molecule has 0 radical (unpaired) electrons. The molecule has 10 heteroatoms. The van der Waals surface area contributed by atoms with Gasteiger partial charge in [-0.3, -0.25) is 4.79 Å². The molecule has 2 N–H and O–H groups in total. The molecule has 1 aromatic carbocycles. The maximum absolute atomic E-state index is 13.1. The fraction of sp³-hybridized carbons (Fsp3) is 0.696. The molecule has 33 heavy (non-hydrogen) atoms. The lowest BCUT2D eigenvalue weighted by Crippen LogP contribution is -2.35. The predicted octanol–water partition coefficient (Wildman–Crippen LogP) is 4.63. The number of nitrogens with one attached hydrogen (secondary N) is 2. The number of alkyl halides is 6. The van der Waals surface area contributed by atoms with Crippen LogP contribution in [0.5, 0.6) is 0 Å². The van der Waals surface area contributed by atoms with E-state index < -0.39 is 30.0 Å². The highest BCUT2D eigenvalue weighted by Gasteiger charge is 2.55. The van der Waals surface area contributed by atoms with Gasteiger partial charge in [0.2, 0.25) is 5.91 Å². The third-order valence-corrected chi connectivity index (χ3v) is 7.30. The monoisotopic (exact) mass is 478 g/mol. The van der Waals surface area contributed by atoms with Gasteiger partial charge >= 0.3 is 12.4 Å². The summed E-state index contributed by atoms with van der Waals surface area (Å²) in [6.07, 6.45) is -8.42. The van der Waals surface area contributed by atoms with Crippen molar-refractivity contribution in [3.8, 4) is 0 Å². The molecule has 1 heterocycles. The van der Waals surface area contributed by atoms with E-state index in [0.717, 1.165) is 19.6 Å². The number of hydrogen-bond acceptors (Lipinski definition) is 3. The van der Waals surface area contributed by atoms with Gasteiger partial charge in [-0.15, -0.1) is 0 Å². The molecule has 0 aromatic heterocycles. The molecule has 184 valence electrons. The van der Waals surface area contributed by atoms with Gasteiger partial charge in [-0.25, -0.2) is 0 Å².